The predicted molar refractivity (Wildman–Crippen MR) is 108 cm³/mol. The van der Waals surface area contributed by atoms with Gasteiger partial charge in [0.15, 0.2) is 0 Å². The van der Waals surface area contributed by atoms with Gasteiger partial charge in [0.1, 0.15) is 0 Å². The molecule has 0 radical (unpaired) electrons. The fourth-order valence-corrected chi connectivity index (χ4v) is 4.01. The Morgan fingerprint density at radius 2 is 1.52 bits per heavy atom. The SMILES string of the molecule is Cc1cccc(NC(=O)c2cccc(NS(=O)(=O)c3ccccc3C)c2)c1. The van der Waals surface area contributed by atoms with Gasteiger partial charge in [0, 0.05) is 16.9 Å². The molecule has 3 aromatic carbocycles. The fourth-order valence-electron chi connectivity index (χ4n) is 2.72. The number of anilines is 2. The van der Waals surface area contributed by atoms with Gasteiger partial charge in [-0.1, -0.05) is 36.4 Å². The third-order valence-electron chi connectivity index (χ3n) is 4.04. The molecular formula is C21H20N2O3S. The fraction of sp³-hybridized carbons (Fsp3) is 0.0952. The minimum absolute atomic E-state index is 0.208. The summed E-state index contributed by atoms with van der Waals surface area (Å²) < 4.78 is 27.8. The zero-order valence-electron chi connectivity index (χ0n) is 15.1. The highest BCUT2D eigenvalue weighted by molar-refractivity contribution is 7.92. The molecule has 138 valence electrons. The Morgan fingerprint density at radius 1 is 0.815 bits per heavy atom. The molecule has 2 N–H and O–H groups in total. The van der Waals surface area contributed by atoms with E-state index in [-0.39, 0.29) is 10.8 Å². The molecule has 0 bridgehead atoms. The number of hydrogen-bond acceptors (Lipinski definition) is 3. The van der Waals surface area contributed by atoms with Crippen molar-refractivity contribution in [3.63, 3.8) is 0 Å². The summed E-state index contributed by atoms with van der Waals surface area (Å²) in [6.07, 6.45) is 0. The zero-order chi connectivity index (χ0) is 19.4. The Hall–Kier alpha value is -3.12. The Morgan fingerprint density at radius 3 is 2.26 bits per heavy atom. The number of hydrogen-bond donors (Lipinski definition) is 2. The Kier molecular flexibility index (Phi) is 5.28. The van der Waals surface area contributed by atoms with Crippen LogP contribution in [0.5, 0.6) is 0 Å². The van der Waals surface area contributed by atoms with Crippen molar-refractivity contribution in [2.75, 3.05) is 10.0 Å². The van der Waals surface area contributed by atoms with E-state index in [9.17, 15) is 13.2 Å². The van der Waals surface area contributed by atoms with Gasteiger partial charge in [-0.3, -0.25) is 9.52 Å². The maximum atomic E-state index is 12.6. The van der Waals surface area contributed by atoms with Gasteiger partial charge in [-0.2, -0.15) is 0 Å². The molecule has 0 spiro atoms. The molecule has 3 rings (SSSR count). The molecule has 0 aliphatic heterocycles. The quantitative estimate of drug-likeness (QED) is 0.691. The van der Waals surface area contributed by atoms with Crippen LogP contribution in [0, 0.1) is 13.8 Å². The second-order valence-electron chi connectivity index (χ2n) is 6.28. The Balaban J connectivity index is 1.81. The normalized spacial score (nSPS) is 11.0. The first-order valence-corrected chi connectivity index (χ1v) is 9.90. The van der Waals surface area contributed by atoms with Gasteiger partial charge in [-0.05, 0) is 61.4 Å². The van der Waals surface area contributed by atoms with E-state index in [0.29, 0.717) is 22.5 Å². The summed E-state index contributed by atoms with van der Waals surface area (Å²) in [6, 6.07) is 20.6. The second-order valence-corrected chi connectivity index (χ2v) is 7.93. The van der Waals surface area contributed by atoms with Crippen LogP contribution in [0.2, 0.25) is 0 Å². The molecule has 0 unspecified atom stereocenters. The molecule has 5 nitrogen and oxygen atoms in total. The van der Waals surface area contributed by atoms with Crippen LogP contribution in [-0.4, -0.2) is 14.3 Å². The first kappa shape index (κ1) is 18.7. The maximum Gasteiger partial charge on any atom is 0.262 e. The van der Waals surface area contributed by atoms with Crippen molar-refractivity contribution in [1.82, 2.24) is 0 Å². The smallest absolute Gasteiger partial charge is 0.262 e. The number of carbonyl (C=O) groups excluding carboxylic acids is 1. The first-order valence-electron chi connectivity index (χ1n) is 8.42. The summed E-state index contributed by atoms with van der Waals surface area (Å²) in [5, 5.41) is 2.81. The van der Waals surface area contributed by atoms with Crippen LogP contribution in [0.3, 0.4) is 0 Å². The third kappa shape index (κ3) is 4.54. The maximum absolute atomic E-state index is 12.6. The van der Waals surface area contributed by atoms with Crippen LogP contribution in [0.1, 0.15) is 21.5 Å². The lowest BCUT2D eigenvalue weighted by Crippen LogP contribution is -2.16. The van der Waals surface area contributed by atoms with Crippen molar-refractivity contribution in [3.05, 3.63) is 89.5 Å². The van der Waals surface area contributed by atoms with Crippen LogP contribution in [-0.2, 0) is 10.0 Å². The number of sulfonamides is 1. The van der Waals surface area contributed by atoms with Crippen molar-refractivity contribution in [2.24, 2.45) is 0 Å². The minimum Gasteiger partial charge on any atom is -0.322 e. The summed E-state index contributed by atoms with van der Waals surface area (Å²) in [7, 11) is -3.73. The van der Waals surface area contributed by atoms with E-state index in [1.54, 1.807) is 55.5 Å². The van der Waals surface area contributed by atoms with E-state index in [0.717, 1.165) is 5.56 Å². The largest absolute Gasteiger partial charge is 0.322 e. The lowest BCUT2D eigenvalue weighted by atomic mass is 10.1. The van der Waals surface area contributed by atoms with Crippen molar-refractivity contribution in [2.45, 2.75) is 18.7 Å². The highest BCUT2D eigenvalue weighted by Crippen LogP contribution is 2.20. The van der Waals surface area contributed by atoms with E-state index >= 15 is 0 Å². The predicted octanol–water partition coefficient (Wildman–Crippen LogP) is 4.36. The summed E-state index contributed by atoms with van der Waals surface area (Å²) in [4.78, 5) is 12.7. The number of rotatable bonds is 5. The van der Waals surface area contributed by atoms with Gasteiger partial charge in [0.25, 0.3) is 15.9 Å². The third-order valence-corrected chi connectivity index (χ3v) is 5.58. The van der Waals surface area contributed by atoms with Crippen molar-refractivity contribution < 1.29 is 13.2 Å². The molecule has 6 heteroatoms. The highest BCUT2D eigenvalue weighted by Gasteiger charge is 2.17. The van der Waals surface area contributed by atoms with E-state index < -0.39 is 10.0 Å². The molecule has 1 amide bonds. The van der Waals surface area contributed by atoms with Crippen LogP contribution in [0.25, 0.3) is 0 Å². The molecule has 0 atom stereocenters. The van der Waals surface area contributed by atoms with E-state index in [2.05, 4.69) is 10.0 Å². The molecule has 0 aromatic heterocycles. The van der Waals surface area contributed by atoms with Gasteiger partial charge in [0.05, 0.1) is 4.90 Å². The van der Waals surface area contributed by atoms with Crippen molar-refractivity contribution in [3.8, 4) is 0 Å². The molecule has 3 aromatic rings. The second kappa shape index (κ2) is 7.63. The van der Waals surface area contributed by atoms with Crippen molar-refractivity contribution >= 4 is 27.3 Å². The summed E-state index contributed by atoms with van der Waals surface area (Å²) in [5.41, 5.74) is 3.06. The van der Waals surface area contributed by atoms with Crippen molar-refractivity contribution in [1.29, 1.82) is 0 Å². The van der Waals surface area contributed by atoms with Gasteiger partial charge < -0.3 is 5.32 Å². The molecule has 0 saturated heterocycles. The van der Waals surface area contributed by atoms with E-state index in [4.69, 9.17) is 0 Å². The number of carbonyl (C=O) groups is 1. The summed E-state index contributed by atoms with van der Waals surface area (Å²) in [5.74, 6) is -0.308. The van der Waals surface area contributed by atoms with Gasteiger partial charge in [-0.25, -0.2) is 8.42 Å². The Bertz CT molecular complexity index is 1090. The minimum atomic E-state index is -3.73. The summed E-state index contributed by atoms with van der Waals surface area (Å²) >= 11 is 0. The van der Waals surface area contributed by atoms with Gasteiger partial charge in [-0.15, -0.1) is 0 Å². The van der Waals surface area contributed by atoms with Gasteiger partial charge in [0.2, 0.25) is 0 Å². The number of nitrogens with one attached hydrogen (secondary N) is 2. The molecule has 0 saturated carbocycles. The molecule has 0 fully saturated rings. The molecular weight excluding hydrogens is 360 g/mol. The number of amides is 1. The molecule has 0 aliphatic carbocycles. The highest BCUT2D eigenvalue weighted by atomic mass is 32.2. The van der Waals surface area contributed by atoms with Crippen LogP contribution >= 0.6 is 0 Å². The number of aryl methyl sites for hydroxylation is 2. The van der Waals surface area contributed by atoms with Crippen LogP contribution < -0.4 is 10.0 Å². The Labute approximate surface area is 159 Å². The number of benzene rings is 3. The molecule has 0 heterocycles. The molecule has 0 aliphatic rings. The molecule has 27 heavy (non-hydrogen) atoms. The average Bonchev–Trinajstić information content (AvgIpc) is 2.62. The lowest BCUT2D eigenvalue weighted by molar-refractivity contribution is 0.102. The van der Waals surface area contributed by atoms with Gasteiger partial charge >= 0.3 is 0 Å². The van der Waals surface area contributed by atoms with E-state index in [1.807, 2.05) is 25.1 Å². The standard InChI is InChI=1S/C21H20N2O3S/c1-15-7-5-10-18(13-15)22-21(24)17-9-6-11-19(14-17)23-27(25,26)20-12-4-3-8-16(20)2/h3-14,23H,1-2H3,(H,22,24). The monoisotopic (exact) mass is 380 g/mol. The van der Waals surface area contributed by atoms with Crippen LogP contribution in [0.15, 0.2) is 77.7 Å². The average molecular weight is 380 g/mol. The lowest BCUT2D eigenvalue weighted by Gasteiger charge is -2.11. The first-order chi connectivity index (χ1) is 12.8. The van der Waals surface area contributed by atoms with Crippen LogP contribution in [0.4, 0.5) is 11.4 Å². The summed E-state index contributed by atoms with van der Waals surface area (Å²) in [6.45, 7) is 3.68. The van der Waals surface area contributed by atoms with E-state index in [1.165, 1.54) is 6.07 Å². The topological polar surface area (TPSA) is 75.3 Å². The zero-order valence-corrected chi connectivity index (χ0v) is 15.9.